The molecule has 0 unspecified atom stereocenters. The van der Waals surface area contributed by atoms with Crippen molar-refractivity contribution in [3.8, 4) is 11.1 Å². The summed E-state index contributed by atoms with van der Waals surface area (Å²) >= 11 is 1.91. The quantitative estimate of drug-likeness (QED) is 0.356. The summed E-state index contributed by atoms with van der Waals surface area (Å²) in [5, 5.41) is 4.11. The molecular weight excluding hydrogens is 296 g/mol. The molecule has 23 heavy (non-hydrogen) atoms. The van der Waals surface area contributed by atoms with Gasteiger partial charge in [0.15, 0.2) is 0 Å². The number of hydrogen-bond acceptors (Lipinski definition) is 1. The second-order valence-electron chi connectivity index (χ2n) is 6.51. The molecule has 0 aliphatic carbocycles. The Morgan fingerprint density at radius 2 is 1.48 bits per heavy atom. The molecular formula is C22H20S. The van der Waals surface area contributed by atoms with Crippen molar-refractivity contribution in [3.05, 3.63) is 70.1 Å². The summed E-state index contributed by atoms with van der Waals surface area (Å²) in [5.74, 6) is 0. The lowest BCUT2D eigenvalue weighted by Crippen LogP contribution is -1.87. The third-order valence-electron chi connectivity index (χ3n) is 4.69. The Labute approximate surface area is 141 Å². The highest BCUT2D eigenvalue weighted by Crippen LogP contribution is 2.42. The number of hydrogen-bond donors (Lipinski definition) is 0. The monoisotopic (exact) mass is 316 g/mol. The second kappa shape index (κ2) is 5.21. The van der Waals surface area contributed by atoms with E-state index in [0.717, 1.165) is 0 Å². The van der Waals surface area contributed by atoms with E-state index in [1.165, 1.54) is 53.6 Å². The summed E-state index contributed by atoms with van der Waals surface area (Å²) in [5.41, 5.74) is 6.80. The van der Waals surface area contributed by atoms with Crippen molar-refractivity contribution >= 4 is 32.2 Å². The third kappa shape index (κ3) is 2.27. The lowest BCUT2D eigenvalue weighted by Gasteiger charge is -2.12. The van der Waals surface area contributed by atoms with Crippen LogP contribution in [0.5, 0.6) is 0 Å². The molecule has 0 bridgehead atoms. The van der Waals surface area contributed by atoms with E-state index in [-0.39, 0.29) is 0 Å². The molecule has 114 valence electrons. The Bertz CT molecular complexity index is 1030. The molecule has 1 heterocycles. The van der Waals surface area contributed by atoms with Crippen molar-refractivity contribution in [1.82, 2.24) is 0 Å². The first-order valence-electron chi connectivity index (χ1n) is 8.04. The first-order chi connectivity index (χ1) is 11.0. The molecule has 0 radical (unpaired) electrons. The molecule has 0 nitrogen and oxygen atoms in total. The predicted octanol–water partition coefficient (Wildman–Crippen LogP) is 6.96. The van der Waals surface area contributed by atoms with Crippen LogP contribution in [0.3, 0.4) is 0 Å². The minimum absolute atomic E-state index is 1.32. The standard InChI is InChI=1S/C22H20S/c1-13-9-14(2)11-18(10-13)22-19-8-6-5-7-17(19)12-20-21(22)15(3)16(4)23-20/h5-12H,1-4H3. The molecule has 4 aromatic rings. The van der Waals surface area contributed by atoms with Crippen molar-refractivity contribution in [1.29, 1.82) is 0 Å². The number of benzene rings is 3. The maximum absolute atomic E-state index is 2.35. The zero-order valence-electron chi connectivity index (χ0n) is 14.0. The fourth-order valence-corrected chi connectivity index (χ4v) is 4.74. The normalized spacial score (nSPS) is 11.5. The van der Waals surface area contributed by atoms with Crippen LogP contribution in [0.25, 0.3) is 32.0 Å². The van der Waals surface area contributed by atoms with Crippen LogP contribution in [0, 0.1) is 27.7 Å². The van der Waals surface area contributed by atoms with Crippen molar-refractivity contribution < 1.29 is 0 Å². The van der Waals surface area contributed by atoms with Crippen LogP contribution in [0.4, 0.5) is 0 Å². The first-order valence-corrected chi connectivity index (χ1v) is 8.86. The molecule has 4 rings (SSSR count). The SMILES string of the molecule is Cc1cc(C)cc(-c2c3ccccc3cc3sc(C)c(C)c23)c1. The largest absolute Gasteiger partial charge is 0.140 e. The third-order valence-corrected chi connectivity index (χ3v) is 5.84. The summed E-state index contributed by atoms with van der Waals surface area (Å²) < 4.78 is 1.40. The summed E-state index contributed by atoms with van der Waals surface area (Å²) in [7, 11) is 0. The van der Waals surface area contributed by atoms with Crippen molar-refractivity contribution in [3.63, 3.8) is 0 Å². The van der Waals surface area contributed by atoms with Crippen LogP contribution in [-0.4, -0.2) is 0 Å². The maximum atomic E-state index is 2.35. The Hall–Kier alpha value is -2.12. The van der Waals surface area contributed by atoms with Gasteiger partial charge >= 0.3 is 0 Å². The van der Waals surface area contributed by atoms with Gasteiger partial charge in [0.05, 0.1) is 0 Å². The fourth-order valence-electron chi connectivity index (χ4n) is 3.61. The van der Waals surface area contributed by atoms with E-state index in [4.69, 9.17) is 0 Å². The highest BCUT2D eigenvalue weighted by molar-refractivity contribution is 7.19. The van der Waals surface area contributed by atoms with E-state index < -0.39 is 0 Å². The van der Waals surface area contributed by atoms with Crippen LogP contribution in [0.15, 0.2) is 48.5 Å². The van der Waals surface area contributed by atoms with E-state index in [2.05, 4.69) is 76.2 Å². The number of thiophene rings is 1. The zero-order valence-corrected chi connectivity index (χ0v) is 14.8. The topological polar surface area (TPSA) is 0 Å². The first kappa shape index (κ1) is 14.5. The molecule has 0 N–H and O–H groups in total. The van der Waals surface area contributed by atoms with Gasteiger partial charge in [-0.1, -0.05) is 53.6 Å². The molecule has 0 aliphatic heterocycles. The molecule has 1 aromatic heterocycles. The summed E-state index contributed by atoms with van der Waals surface area (Å²) in [4.78, 5) is 1.42. The molecule has 0 saturated carbocycles. The van der Waals surface area contributed by atoms with Crippen LogP contribution in [-0.2, 0) is 0 Å². The van der Waals surface area contributed by atoms with Gasteiger partial charge in [0, 0.05) is 15.0 Å². The van der Waals surface area contributed by atoms with Gasteiger partial charge in [-0.05, 0) is 61.2 Å². The van der Waals surface area contributed by atoms with Crippen LogP contribution in [0.2, 0.25) is 0 Å². The van der Waals surface area contributed by atoms with E-state index in [0.29, 0.717) is 0 Å². The van der Waals surface area contributed by atoms with Gasteiger partial charge in [-0.3, -0.25) is 0 Å². The van der Waals surface area contributed by atoms with Crippen molar-refractivity contribution in [2.45, 2.75) is 27.7 Å². The summed E-state index contributed by atoms with van der Waals surface area (Å²) in [6.45, 7) is 8.86. The molecule has 0 atom stereocenters. The molecule has 3 aromatic carbocycles. The highest BCUT2D eigenvalue weighted by Gasteiger charge is 2.15. The Morgan fingerprint density at radius 3 is 2.22 bits per heavy atom. The van der Waals surface area contributed by atoms with E-state index in [1.54, 1.807) is 0 Å². The Morgan fingerprint density at radius 1 is 0.783 bits per heavy atom. The minimum atomic E-state index is 1.32. The second-order valence-corrected chi connectivity index (χ2v) is 7.76. The molecule has 0 saturated heterocycles. The Balaban J connectivity index is 2.24. The number of rotatable bonds is 1. The van der Waals surface area contributed by atoms with Crippen LogP contribution in [0.1, 0.15) is 21.6 Å². The van der Waals surface area contributed by atoms with Crippen molar-refractivity contribution in [2.24, 2.45) is 0 Å². The molecule has 1 heteroatoms. The van der Waals surface area contributed by atoms with Gasteiger partial charge in [-0.25, -0.2) is 0 Å². The smallest absolute Gasteiger partial charge is 0.0360 e. The van der Waals surface area contributed by atoms with Gasteiger partial charge in [-0.2, -0.15) is 0 Å². The molecule has 0 aliphatic rings. The fraction of sp³-hybridized carbons (Fsp3) is 0.182. The number of fused-ring (bicyclic) bond motifs is 2. The summed E-state index contributed by atoms with van der Waals surface area (Å²) in [6.07, 6.45) is 0. The molecule has 0 spiro atoms. The highest BCUT2D eigenvalue weighted by atomic mass is 32.1. The minimum Gasteiger partial charge on any atom is -0.140 e. The molecule has 0 fully saturated rings. The van der Waals surface area contributed by atoms with Gasteiger partial charge in [0.2, 0.25) is 0 Å². The summed E-state index contributed by atoms with van der Waals surface area (Å²) in [6, 6.07) is 18.0. The maximum Gasteiger partial charge on any atom is 0.0360 e. The van der Waals surface area contributed by atoms with Gasteiger partial charge in [0.25, 0.3) is 0 Å². The molecule has 0 amide bonds. The van der Waals surface area contributed by atoms with Crippen LogP contribution < -0.4 is 0 Å². The lowest BCUT2D eigenvalue weighted by molar-refractivity contribution is 1.39. The van der Waals surface area contributed by atoms with Gasteiger partial charge in [0.1, 0.15) is 0 Å². The van der Waals surface area contributed by atoms with Gasteiger partial charge < -0.3 is 0 Å². The van der Waals surface area contributed by atoms with Crippen molar-refractivity contribution in [2.75, 3.05) is 0 Å². The van der Waals surface area contributed by atoms with E-state index in [9.17, 15) is 0 Å². The lowest BCUT2D eigenvalue weighted by atomic mass is 9.91. The average Bonchev–Trinajstić information content (AvgIpc) is 2.78. The average molecular weight is 316 g/mol. The Kier molecular flexibility index (Phi) is 3.28. The number of aryl methyl sites for hydroxylation is 4. The van der Waals surface area contributed by atoms with Crippen LogP contribution >= 0.6 is 11.3 Å². The van der Waals surface area contributed by atoms with Gasteiger partial charge in [-0.15, -0.1) is 11.3 Å². The van der Waals surface area contributed by atoms with E-state index >= 15 is 0 Å². The van der Waals surface area contributed by atoms with E-state index in [1.807, 2.05) is 11.3 Å². The predicted molar refractivity (Wildman–Crippen MR) is 104 cm³/mol. The zero-order chi connectivity index (χ0) is 16.1.